The van der Waals surface area contributed by atoms with Crippen molar-refractivity contribution in [3.05, 3.63) is 29.3 Å². The van der Waals surface area contributed by atoms with Gasteiger partial charge in [0.15, 0.2) is 0 Å². The van der Waals surface area contributed by atoms with Crippen LogP contribution in [0.4, 0.5) is 0 Å². The SMILES string of the molecule is Cc1cccc([C@H](N)C2CC2)c1O. The molecule has 0 saturated heterocycles. The predicted molar refractivity (Wildman–Crippen MR) is 52.5 cm³/mol. The lowest BCUT2D eigenvalue weighted by atomic mass is 10.00. The molecule has 1 aliphatic rings. The quantitative estimate of drug-likeness (QED) is 0.726. The van der Waals surface area contributed by atoms with Crippen molar-refractivity contribution in [3.8, 4) is 5.75 Å². The fourth-order valence-corrected chi connectivity index (χ4v) is 1.66. The van der Waals surface area contributed by atoms with E-state index in [4.69, 9.17) is 5.73 Å². The summed E-state index contributed by atoms with van der Waals surface area (Å²) in [7, 11) is 0. The van der Waals surface area contributed by atoms with Crippen molar-refractivity contribution < 1.29 is 5.11 Å². The summed E-state index contributed by atoms with van der Waals surface area (Å²) >= 11 is 0. The molecule has 0 aliphatic heterocycles. The number of phenolic OH excluding ortho intramolecular Hbond substituents is 1. The van der Waals surface area contributed by atoms with Gasteiger partial charge in [-0.2, -0.15) is 0 Å². The van der Waals surface area contributed by atoms with Crippen molar-refractivity contribution in [1.29, 1.82) is 0 Å². The normalized spacial score (nSPS) is 18.6. The van der Waals surface area contributed by atoms with Crippen LogP contribution in [0.5, 0.6) is 5.75 Å². The minimum Gasteiger partial charge on any atom is -0.507 e. The van der Waals surface area contributed by atoms with E-state index < -0.39 is 0 Å². The lowest BCUT2D eigenvalue weighted by molar-refractivity contribution is 0.452. The van der Waals surface area contributed by atoms with Crippen LogP contribution >= 0.6 is 0 Å². The lowest BCUT2D eigenvalue weighted by Gasteiger charge is -2.13. The first-order valence-electron chi connectivity index (χ1n) is 4.74. The monoisotopic (exact) mass is 177 g/mol. The maximum atomic E-state index is 9.76. The molecule has 0 amide bonds. The second kappa shape index (κ2) is 3.04. The zero-order valence-electron chi connectivity index (χ0n) is 7.83. The summed E-state index contributed by atoms with van der Waals surface area (Å²) in [6, 6.07) is 5.80. The first kappa shape index (κ1) is 8.57. The van der Waals surface area contributed by atoms with Gasteiger partial charge >= 0.3 is 0 Å². The molecule has 1 saturated carbocycles. The standard InChI is InChI=1S/C11H15NO/c1-7-3-2-4-9(11(7)13)10(12)8-5-6-8/h2-4,8,10,13H,5-6,12H2,1H3/t10-/m1/s1. The van der Waals surface area contributed by atoms with E-state index in [0.29, 0.717) is 11.7 Å². The van der Waals surface area contributed by atoms with E-state index in [0.717, 1.165) is 11.1 Å². The van der Waals surface area contributed by atoms with Gasteiger partial charge in [-0.05, 0) is 31.2 Å². The second-order valence-electron chi connectivity index (χ2n) is 3.88. The van der Waals surface area contributed by atoms with E-state index in [2.05, 4.69) is 0 Å². The van der Waals surface area contributed by atoms with Crippen molar-refractivity contribution in [3.63, 3.8) is 0 Å². The highest BCUT2D eigenvalue weighted by Crippen LogP contribution is 2.42. The number of hydrogen-bond acceptors (Lipinski definition) is 2. The van der Waals surface area contributed by atoms with Crippen molar-refractivity contribution >= 4 is 0 Å². The minimum atomic E-state index is 0.0277. The van der Waals surface area contributed by atoms with Gasteiger partial charge in [-0.25, -0.2) is 0 Å². The summed E-state index contributed by atoms with van der Waals surface area (Å²) < 4.78 is 0. The Morgan fingerprint density at radius 2 is 2.15 bits per heavy atom. The third-order valence-electron chi connectivity index (χ3n) is 2.76. The number of benzene rings is 1. The number of hydrogen-bond donors (Lipinski definition) is 2. The van der Waals surface area contributed by atoms with Crippen LogP contribution in [0.25, 0.3) is 0 Å². The van der Waals surface area contributed by atoms with Crippen LogP contribution in [0.2, 0.25) is 0 Å². The van der Waals surface area contributed by atoms with Gasteiger partial charge < -0.3 is 10.8 Å². The third kappa shape index (κ3) is 1.54. The Kier molecular flexibility index (Phi) is 2.00. The highest BCUT2D eigenvalue weighted by molar-refractivity contribution is 5.41. The van der Waals surface area contributed by atoms with E-state index in [1.807, 2.05) is 25.1 Å². The summed E-state index contributed by atoms with van der Waals surface area (Å²) in [5.74, 6) is 0.967. The Morgan fingerprint density at radius 3 is 2.77 bits per heavy atom. The first-order valence-corrected chi connectivity index (χ1v) is 4.74. The van der Waals surface area contributed by atoms with Crippen LogP contribution in [-0.2, 0) is 0 Å². The molecule has 70 valence electrons. The van der Waals surface area contributed by atoms with Gasteiger partial charge in [0.05, 0.1) is 0 Å². The molecule has 0 bridgehead atoms. The maximum Gasteiger partial charge on any atom is 0.123 e. The van der Waals surface area contributed by atoms with Gasteiger partial charge in [-0.15, -0.1) is 0 Å². The number of aryl methyl sites for hydroxylation is 1. The van der Waals surface area contributed by atoms with Gasteiger partial charge in [0.1, 0.15) is 5.75 Å². The largest absolute Gasteiger partial charge is 0.507 e. The molecular formula is C11H15NO. The summed E-state index contributed by atoms with van der Waals surface area (Å²) in [5, 5.41) is 9.76. The van der Waals surface area contributed by atoms with Crippen LogP contribution in [-0.4, -0.2) is 5.11 Å². The molecule has 1 aromatic rings. The molecule has 3 N–H and O–H groups in total. The van der Waals surface area contributed by atoms with E-state index >= 15 is 0 Å². The molecule has 1 fully saturated rings. The number of phenols is 1. The highest BCUT2D eigenvalue weighted by atomic mass is 16.3. The molecule has 0 heterocycles. The molecule has 1 aliphatic carbocycles. The van der Waals surface area contributed by atoms with Gasteiger partial charge in [0.25, 0.3) is 0 Å². The van der Waals surface area contributed by atoms with Crippen molar-refractivity contribution in [1.82, 2.24) is 0 Å². The van der Waals surface area contributed by atoms with Gasteiger partial charge in [-0.1, -0.05) is 18.2 Å². The molecule has 0 spiro atoms. The molecule has 1 aromatic carbocycles. The van der Waals surface area contributed by atoms with E-state index in [1.54, 1.807) is 0 Å². The lowest BCUT2D eigenvalue weighted by Crippen LogP contribution is -2.12. The Labute approximate surface area is 78.4 Å². The predicted octanol–water partition coefficient (Wildman–Crippen LogP) is 2.11. The fraction of sp³-hybridized carbons (Fsp3) is 0.455. The molecule has 0 aromatic heterocycles. The molecule has 2 rings (SSSR count). The zero-order valence-corrected chi connectivity index (χ0v) is 7.83. The third-order valence-corrected chi connectivity index (χ3v) is 2.76. The molecule has 0 radical (unpaired) electrons. The van der Waals surface area contributed by atoms with Crippen LogP contribution in [0, 0.1) is 12.8 Å². The molecule has 0 unspecified atom stereocenters. The summed E-state index contributed by atoms with van der Waals surface area (Å²) in [4.78, 5) is 0. The molecule has 2 nitrogen and oxygen atoms in total. The van der Waals surface area contributed by atoms with Crippen LogP contribution < -0.4 is 5.73 Å². The summed E-state index contributed by atoms with van der Waals surface area (Å²) in [5.41, 5.74) is 7.83. The Bertz CT molecular complexity index is 318. The first-order chi connectivity index (χ1) is 6.20. The summed E-state index contributed by atoms with van der Waals surface area (Å²) in [6.07, 6.45) is 2.41. The Morgan fingerprint density at radius 1 is 1.46 bits per heavy atom. The molecule has 13 heavy (non-hydrogen) atoms. The van der Waals surface area contributed by atoms with Crippen molar-refractivity contribution in [2.24, 2.45) is 11.7 Å². The van der Waals surface area contributed by atoms with Crippen molar-refractivity contribution in [2.45, 2.75) is 25.8 Å². The second-order valence-corrected chi connectivity index (χ2v) is 3.88. The van der Waals surface area contributed by atoms with Crippen LogP contribution in [0.3, 0.4) is 0 Å². The Hall–Kier alpha value is -1.02. The topological polar surface area (TPSA) is 46.2 Å². The van der Waals surface area contributed by atoms with E-state index in [1.165, 1.54) is 12.8 Å². The van der Waals surface area contributed by atoms with E-state index in [-0.39, 0.29) is 6.04 Å². The van der Waals surface area contributed by atoms with Gasteiger partial charge in [-0.3, -0.25) is 0 Å². The molecule has 1 atom stereocenters. The van der Waals surface area contributed by atoms with Gasteiger partial charge in [0, 0.05) is 11.6 Å². The van der Waals surface area contributed by atoms with Crippen LogP contribution in [0.15, 0.2) is 18.2 Å². The average molecular weight is 177 g/mol. The minimum absolute atomic E-state index is 0.0277. The van der Waals surface area contributed by atoms with Crippen LogP contribution in [0.1, 0.15) is 30.0 Å². The molecule has 2 heteroatoms. The highest BCUT2D eigenvalue weighted by Gasteiger charge is 2.30. The number of rotatable bonds is 2. The number of nitrogens with two attached hydrogens (primary N) is 1. The van der Waals surface area contributed by atoms with E-state index in [9.17, 15) is 5.11 Å². The maximum absolute atomic E-state index is 9.76. The smallest absolute Gasteiger partial charge is 0.123 e. The summed E-state index contributed by atoms with van der Waals surface area (Å²) in [6.45, 7) is 1.90. The Balaban J connectivity index is 2.32. The molecular weight excluding hydrogens is 162 g/mol. The average Bonchev–Trinajstić information content (AvgIpc) is 2.91. The number of aromatic hydroxyl groups is 1. The van der Waals surface area contributed by atoms with Gasteiger partial charge in [0.2, 0.25) is 0 Å². The fourth-order valence-electron chi connectivity index (χ4n) is 1.66. The number of para-hydroxylation sites is 1. The zero-order chi connectivity index (χ0) is 9.42. The van der Waals surface area contributed by atoms with Crippen molar-refractivity contribution in [2.75, 3.05) is 0 Å².